The van der Waals surface area contributed by atoms with Gasteiger partial charge in [-0.15, -0.1) is 0 Å². The van der Waals surface area contributed by atoms with Gasteiger partial charge in [0.1, 0.15) is 11.9 Å². The van der Waals surface area contributed by atoms with E-state index in [1.165, 1.54) is 17.5 Å². The minimum absolute atomic E-state index is 0.140. The van der Waals surface area contributed by atoms with Gasteiger partial charge in [-0.25, -0.2) is 9.38 Å². The summed E-state index contributed by atoms with van der Waals surface area (Å²) < 4.78 is 20.4. The molecule has 0 aliphatic carbocycles. The van der Waals surface area contributed by atoms with Crippen molar-refractivity contribution >= 4 is 28.2 Å². The lowest BCUT2D eigenvalue weighted by atomic mass is 9.98. The molecule has 35 heavy (non-hydrogen) atoms. The van der Waals surface area contributed by atoms with E-state index in [1.54, 1.807) is 0 Å². The van der Waals surface area contributed by atoms with Crippen molar-refractivity contribution in [2.24, 2.45) is 10.7 Å². The van der Waals surface area contributed by atoms with Crippen LogP contribution in [-0.4, -0.2) is 73.1 Å². The van der Waals surface area contributed by atoms with E-state index in [4.69, 9.17) is 10.5 Å². The highest BCUT2D eigenvalue weighted by atomic mass is 79.9. The van der Waals surface area contributed by atoms with Crippen molar-refractivity contribution in [2.45, 2.75) is 57.4 Å². The number of halogens is 2. The third-order valence-electron chi connectivity index (χ3n) is 7.28. The molecule has 1 aromatic rings. The molecule has 4 rings (SSSR count). The van der Waals surface area contributed by atoms with Gasteiger partial charge in [-0.05, 0) is 55.9 Å². The Kier molecular flexibility index (Phi) is 8.62. The number of likely N-dealkylation sites (tertiary alicyclic amines) is 1. The van der Waals surface area contributed by atoms with E-state index < -0.39 is 6.17 Å². The van der Waals surface area contributed by atoms with Crippen LogP contribution in [0.5, 0.6) is 0 Å². The van der Waals surface area contributed by atoms with Crippen LogP contribution >= 0.6 is 15.9 Å². The fraction of sp³-hybridized carbons (Fsp3) is 0.538. The Morgan fingerprint density at radius 3 is 2.74 bits per heavy atom. The van der Waals surface area contributed by atoms with Gasteiger partial charge in [0.15, 0.2) is 0 Å². The number of rotatable bonds is 6. The average molecular weight is 549 g/mol. The van der Waals surface area contributed by atoms with Crippen LogP contribution in [0.1, 0.15) is 37.3 Å². The summed E-state index contributed by atoms with van der Waals surface area (Å²) in [5.74, 6) is -0.140. The van der Waals surface area contributed by atoms with Gasteiger partial charge >= 0.3 is 0 Å². The van der Waals surface area contributed by atoms with E-state index in [0.717, 1.165) is 48.1 Å². The van der Waals surface area contributed by atoms with Crippen LogP contribution in [0.2, 0.25) is 0 Å². The second kappa shape index (κ2) is 11.7. The van der Waals surface area contributed by atoms with Crippen LogP contribution in [0.15, 0.2) is 51.2 Å². The Balaban J connectivity index is 1.40. The predicted molar refractivity (Wildman–Crippen MR) is 140 cm³/mol. The second-order valence-electron chi connectivity index (χ2n) is 9.50. The summed E-state index contributed by atoms with van der Waals surface area (Å²) in [5.41, 5.74) is 10.1. The normalized spacial score (nSPS) is 24.3. The number of fused-ring (bicyclic) bond motifs is 1. The van der Waals surface area contributed by atoms with Gasteiger partial charge < -0.3 is 25.6 Å². The molecule has 7 nitrogen and oxygen atoms in total. The maximum Gasteiger partial charge on any atom is 0.272 e. The van der Waals surface area contributed by atoms with Crippen LogP contribution in [0.4, 0.5) is 4.39 Å². The minimum Gasteiger partial charge on any atom is -0.390 e. The highest BCUT2D eigenvalue weighted by molar-refractivity contribution is 9.10. The number of piperidine rings is 1. The van der Waals surface area contributed by atoms with E-state index in [0.29, 0.717) is 31.8 Å². The third-order valence-corrected chi connectivity index (χ3v) is 7.77. The average Bonchev–Trinajstić information content (AvgIpc) is 2.87. The Hall–Kier alpha value is -2.23. The van der Waals surface area contributed by atoms with Crippen LogP contribution in [0, 0.1) is 0 Å². The van der Waals surface area contributed by atoms with Crippen LogP contribution in [0.3, 0.4) is 0 Å². The zero-order valence-corrected chi connectivity index (χ0v) is 21.9. The van der Waals surface area contributed by atoms with Crippen molar-refractivity contribution in [1.82, 2.24) is 15.1 Å². The van der Waals surface area contributed by atoms with E-state index in [-0.39, 0.29) is 24.6 Å². The highest BCUT2D eigenvalue weighted by Crippen LogP contribution is 2.29. The molecule has 0 spiro atoms. The molecule has 3 heterocycles. The third kappa shape index (κ3) is 6.13. The lowest BCUT2D eigenvalue weighted by Gasteiger charge is -2.37. The van der Waals surface area contributed by atoms with E-state index >= 15 is 0 Å². The number of amides is 1. The van der Waals surface area contributed by atoms with E-state index in [2.05, 4.69) is 55.9 Å². The molecule has 0 saturated carbocycles. The molecule has 3 aliphatic heterocycles. The van der Waals surface area contributed by atoms with Crippen molar-refractivity contribution in [1.29, 1.82) is 0 Å². The zero-order chi connectivity index (χ0) is 24.9. The number of carbonyl (C=O) groups is 1. The Labute approximate surface area is 215 Å². The first-order valence-corrected chi connectivity index (χ1v) is 13.1. The summed E-state index contributed by atoms with van der Waals surface area (Å²) in [6.45, 7) is 9.68. The number of aliphatic imine (C=N–C) groups is 1. The Morgan fingerprint density at radius 1 is 1.26 bits per heavy atom. The molecule has 0 bridgehead atoms. The standard InChI is InChI=1S/C26H35BrFN5O2/c1-17(18(2)33-9-5-19-3-4-21(27)13-20(19)14-33)25(30-16-29)26(34)32-10-6-22(7-11-32)31-24-8-12-35-15-23(24)28/h3-4,13,16,22-24,31H,2,5-12,14-15H2,1H3,(H2,29,30)/b25-17-/t23-,24+/m1/s1. The van der Waals surface area contributed by atoms with Gasteiger partial charge in [-0.2, -0.15) is 0 Å². The van der Waals surface area contributed by atoms with Crippen LogP contribution in [0.25, 0.3) is 0 Å². The van der Waals surface area contributed by atoms with Crippen molar-refractivity contribution in [3.8, 4) is 0 Å². The molecule has 2 fully saturated rings. The number of ether oxygens (including phenoxy) is 1. The number of benzene rings is 1. The summed E-state index contributed by atoms with van der Waals surface area (Å²) in [6, 6.07) is 6.38. The van der Waals surface area contributed by atoms with Crippen molar-refractivity contribution in [2.75, 3.05) is 32.8 Å². The SMILES string of the molecule is C=C(/C(C)=C(\N=CN)C(=O)N1CCC(N[C@H]2CCOC[C@H]2F)CC1)N1CCc2ccc(Br)cc2C1. The van der Waals surface area contributed by atoms with Crippen LogP contribution < -0.4 is 11.1 Å². The van der Waals surface area contributed by atoms with Gasteiger partial charge in [-0.1, -0.05) is 28.6 Å². The van der Waals surface area contributed by atoms with Crippen molar-refractivity contribution in [3.63, 3.8) is 0 Å². The molecule has 0 unspecified atom stereocenters. The first kappa shape index (κ1) is 25.9. The monoisotopic (exact) mass is 547 g/mol. The van der Waals surface area contributed by atoms with E-state index in [9.17, 15) is 9.18 Å². The molecule has 0 radical (unpaired) electrons. The van der Waals surface area contributed by atoms with Crippen LogP contribution in [-0.2, 0) is 22.5 Å². The Bertz CT molecular complexity index is 1010. The lowest BCUT2D eigenvalue weighted by molar-refractivity contribution is -0.128. The first-order valence-electron chi connectivity index (χ1n) is 12.3. The topological polar surface area (TPSA) is 83.2 Å². The molecule has 9 heteroatoms. The lowest BCUT2D eigenvalue weighted by Crippen LogP contribution is -2.52. The molecule has 2 atom stereocenters. The quantitative estimate of drug-likeness (QED) is 0.247. The fourth-order valence-electron chi connectivity index (χ4n) is 5.11. The summed E-state index contributed by atoms with van der Waals surface area (Å²) in [6.07, 6.45) is 3.34. The summed E-state index contributed by atoms with van der Waals surface area (Å²) in [7, 11) is 0. The molecule has 3 N–H and O–H groups in total. The first-order chi connectivity index (χ1) is 16.9. The Morgan fingerprint density at radius 2 is 2.03 bits per heavy atom. The second-order valence-corrected chi connectivity index (χ2v) is 10.4. The summed E-state index contributed by atoms with van der Waals surface area (Å²) >= 11 is 3.56. The van der Waals surface area contributed by atoms with Crippen molar-refractivity contribution < 1.29 is 13.9 Å². The molecule has 2 saturated heterocycles. The number of nitrogens with two attached hydrogens (primary N) is 1. The van der Waals surface area contributed by atoms with Gasteiger partial charge in [0.2, 0.25) is 0 Å². The highest BCUT2D eigenvalue weighted by Gasteiger charge is 2.31. The molecular formula is C26H35BrFN5O2. The van der Waals surface area contributed by atoms with Gasteiger partial charge in [0.25, 0.3) is 5.91 Å². The number of allylic oxidation sites excluding steroid dienone is 1. The van der Waals surface area contributed by atoms with Gasteiger partial charge in [-0.3, -0.25) is 4.79 Å². The molecule has 1 amide bonds. The maximum atomic E-state index is 14.1. The number of alkyl halides is 1. The molecular weight excluding hydrogens is 513 g/mol. The summed E-state index contributed by atoms with van der Waals surface area (Å²) in [5, 5.41) is 3.44. The number of hydrogen-bond acceptors (Lipinski definition) is 5. The smallest absolute Gasteiger partial charge is 0.272 e. The maximum absolute atomic E-state index is 14.1. The zero-order valence-electron chi connectivity index (χ0n) is 20.3. The number of nitrogens with zero attached hydrogens (tertiary/aromatic N) is 3. The van der Waals surface area contributed by atoms with Gasteiger partial charge in [0.05, 0.1) is 12.9 Å². The molecule has 190 valence electrons. The predicted octanol–water partition coefficient (Wildman–Crippen LogP) is 3.29. The molecule has 1 aromatic carbocycles. The van der Waals surface area contributed by atoms with Gasteiger partial charge in [0, 0.05) is 60.6 Å². The summed E-state index contributed by atoms with van der Waals surface area (Å²) in [4.78, 5) is 21.7. The minimum atomic E-state index is -0.978. The largest absolute Gasteiger partial charge is 0.390 e. The van der Waals surface area contributed by atoms with E-state index in [1.807, 2.05) is 11.8 Å². The number of nitrogens with one attached hydrogen (secondary N) is 1. The number of hydrogen-bond donors (Lipinski definition) is 2. The molecule has 0 aromatic heterocycles. The van der Waals surface area contributed by atoms with Crippen molar-refractivity contribution in [3.05, 3.63) is 57.3 Å². The number of carbonyl (C=O) groups excluding carboxylic acids is 1. The molecule has 3 aliphatic rings. The fourth-order valence-corrected chi connectivity index (χ4v) is 5.52.